The van der Waals surface area contributed by atoms with Gasteiger partial charge in [-0.05, 0) is 18.7 Å². The molecule has 0 aliphatic rings. The van der Waals surface area contributed by atoms with Crippen LogP contribution in [0.5, 0.6) is 0 Å². The van der Waals surface area contributed by atoms with Crippen molar-refractivity contribution < 1.29 is 4.39 Å². The maximum absolute atomic E-state index is 13.4. The topological polar surface area (TPSA) is 24.9 Å². The number of rotatable bonds is 4. The van der Waals surface area contributed by atoms with Crippen LogP contribution in [0.3, 0.4) is 0 Å². The number of hydrogen-bond donors (Lipinski definition) is 1. The summed E-state index contributed by atoms with van der Waals surface area (Å²) < 4.78 is 13.4. The predicted octanol–water partition coefficient (Wildman–Crippen LogP) is 2.59. The lowest BCUT2D eigenvalue weighted by Crippen LogP contribution is -2.05. The molecule has 1 aromatic carbocycles. The fraction of sp³-hybridized carbons (Fsp3) is 0.250. The van der Waals surface area contributed by atoms with Crippen LogP contribution in [0.25, 0.3) is 0 Å². The lowest BCUT2D eigenvalue weighted by Gasteiger charge is -1.99. The molecular formula is C12H13FN2S. The van der Waals surface area contributed by atoms with Gasteiger partial charge in [0.1, 0.15) is 5.82 Å². The van der Waals surface area contributed by atoms with Crippen LogP contribution in [0, 0.1) is 5.82 Å². The van der Waals surface area contributed by atoms with Crippen LogP contribution >= 0.6 is 11.3 Å². The van der Waals surface area contributed by atoms with E-state index in [4.69, 9.17) is 0 Å². The van der Waals surface area contributed by atoms with E-state index in [1.165, 1.54) is 6.07 Å². The zero-order valence-electron chi connectivity index (χ0n) is 9.03. The first kappa shape index (κ1) is 11.2. The zero-order valence-corrected chi connectivity index (χ0v) is 9.85. The van der Waals surface area contributed by atoms with Gasteiger partial charge in [0.05, 0.1) is 10.7 Å². The Balaban J connectivity index is 2.11. The summed E-state index contributed by atoms with van der Waals surface area (Å²) in [5, 5.41) is 6.00. The molecule has 84 valence electrons. The molecule has 0 unspecified atom stereocenters. The van der Waals surface area contributed by atoms with E-state index >= 15 is 0 Å². The molecule has 0 saturated carbocycles. The minimum absolute atomic E-state index is 0.159. The van der Waals surface area contributed by atoms with Gasteiger partial charge in [-0.1, -0.05) is 18.2 Å². The molecule has 0 aliphatic carbocycles. The van der Waals surface area contributed by atoms with Crippen molar-refractivity contribution >= 4 is 11.3 Å². The highest BCUT2D eigenvalue weighted by molar-refractivity contribution is 7.09. The Bertz CT molecular complexity index is 468. The van der Waals surface area contributed by atoms with Crippen LogP contribution in [0.1, 0.15) is 16.3 Å². The molecule has 0 radical (unpaired) electrons. The highest BCUT2D eigenvalue weighted by atomic mass is 32.1. The van der Waals surface area contributed by atoms with Gasteiger partial charge < -0.3 is 5.32 Å². The third-order valence-electron chi connectivity index (χ3n) is 2.26. The van der Waals surface area contributed by atoms with E-state index < -0.39 is 0 Å². The van der Waals surface area contributed by atoms with Crippen molar-refractivity contribution in [1.82, 2.24) is 10.3 Å². The predicted molar refractivity (Wildman–Crippen MR) is 64.1 cm³/mol. The second-order valence-electron chi connectivity index (χ2n) is 3.53. The van der Waals surface area contributed by atoms with Gasteiger partial charge in [0.25, 0.3) is 0 Å². The van der Waals surface area contributed by atoms with Crippen molar-refractivity contribution in [3.05, 3.63) is 51.7 Å². The van der Waals surface area contributed by atoms with E-state index in [9.17, 15) is 4.39 Å². The molecule has 4 heteroatoms. The maximum atomic E-state index is 13.4. The van der Waals surface area contributed by atoms with Crippen LogP contribution < -0.4 is 5.32 Å². The molecule has 16 heavy (non-hydrogen) atoms. The normalized spacial score (nSPS) is 10.6. The molecule has 2 aromatic rings. The number of hydrogen-bond acceptors (Lipinski definition) is 3. The summed E-state index contributed by atoms with van der Waals surface area (Å²) in [6.45, 7) is 0.758. The molecule has 1 heterocycles. The first-order valence-electron chi connectivity index (χ1n) is 5.11. The first-order valence-corrected chi connectivity index (χ1v) is 5.99. The summed E-state index contributed by atoms with van der Waals surface area (Å²) in [6.07, 6.45) is 0.570. The van der Waals surface area contributed by atoms with Crippen molar-refractivity contribution in [3.8, 4) is 0 Å². The van der Waals surface area contributed by atoms with Gasteiger partial charge in [-0.15, -0.1) is 11.3 Å². The summed E-state index contributed by atoms with van der Waals surface area (Å²) in [6, 6.07) is 6.83. The third kappa shape index (κ3) is 2.65. The van der Waals surface area contributed by atoms with Crippen molar-refractivity contribution in [3.63, 3.8) is 0 Å². The van der Waals surface area contributed by atoms with E-state index in [1.807, 2.05) is 18.5 Å². The molecule has 0 saturated heterocycles. The van der Waals surface area contributed by atoms with E-state index in [0.29, 0.717) is 12.0 Å². The van der Waals surface area contributed by atoms with Crippen LogP contribution in [0.15, 0.2) is 29.6 Å². The zero-order chi connectivity index (χ0) is 11.4. The maximum Gasteiger partial charge on any atom is 0.126 e. The highest BCUT2D eigenvalue weighted by Crippen LogP contribution is 2.16. The Labute approximate surface area is 98.2 Å². The molecule has 0 fully saturated rings. The van der Waals surface area contributed by atoms with Crippen LogP contribution in [0.4, 0.5) is 4.39 Å². The van der Waals surface area contributed by atoms with Gasteiger partial charge in [0.2, 0.25) is 0 Å². The van der Waals surface area contributed by atoms with Gasteiger partial charge in [-0.2, -0.15) is 0 Å². The smallest absolute Gasteiger partial charge is 0.126 e. The van der Waals surface area contributed by atoms with Gasteiger partial charge in [-0.3, -0.25) is 0 Å². The molecule has 2 rings (SSSR count). The second kappa shape index (κ2) is 5.18. The Hall–Kier alpha value is -1.26. The molecule has 1 N–H and O–H groups in total. The molecule has 0 aliphatic heterocycles. The van der Waals surface area contributed by atoms with E-state index in [1.54, 1.807) is 23.5 Å². The Morgan fingerprint density at radius 3 is 2.94 bits per heavy atom. The van der Waals surface area contributed by atoms with Crippen molar-refractivity contribution in [2.75, 3.05) is 7.05 Å². The standard InChI is InChI=1S/C12H13FN2S/c1-14-7-10-8-16-12(15-10)6-9-4-2-3-5-11(9)13/h2-5,8,14H,6-7H2,1H3. The van der Waals surface area contributed by atoms with Crippen LogP contribution in [-0.4, -0.2) is 12.0 Å². The first-order chi connectivity index (χ1) is 7.79. The molecular weight excluding hydrogens is 223 g/mol. The van der Waals surface area contributed by atoms with Gasteiger partial charge in [0.15, 0.2) is 0 Å². The van der Waals surface area contributed by atoms with Gasteiger partial charge in [-0.25, -0.2) is 9.37 Å². The largest absolute Gasteiger partial charge is 0.314 e. The van der Waals surface area contributed by atoms with E-state index in [2.05, 4.69) is 10.3 Å². The fourth-order valence-corrected chi connectivity index (χ4v) is 2.31. The van der Waals surface area contributed by atoms with Crippen LogP contribution in [-0.2, 0) is 13.0 Å². The summed E-state index contributed by atoms with van der Waals surface area (Å²) >= 11 is 1.58. The number of benzene rings is 1. The quantitative estimate of drug-likeness (QED) is 0.882. The molecule has 0 bridgehead atoms. The Morgan fingerprint density at radius 1 is 1.38 bits per heavy atom. The summed E-state index contributed by atoms with van der Waals surface area (Å²) in [7, 11) is 1.88. The molecule has 1 aromatic heterocycles. The fourth-order valence-electron chi connectivity index (χ4n) is 1.50. The lowest BCUT2D eigenvalue weighted by atomic mass is 10.1. The van der Waals surface area contributed by atoms with E-state index in [-0.39, 0.29) is 5.82 Å². The SMILES string of the molecule is CNCc1csc(Cc2ccccc2F)n1. The molecule has 0 spiro atoms. The molecule has 2 nitrogen and oxygen atoms in total. The average molecular weight is 236 g/mol. The number of halogens is 1. The summed E-state index contributed by atoms with van der Waals surface area (Å²) in [5.41, 5.74) is 1.71. The van der Waals surface area contributed by atoms with Crippen LogP contribution in [0.2, 0.25) is 0 Å². The molecule has 0 amide bonds. The summed E-state index contributed by atoms with van der Waals surface area (Å²) in [5.74, 6) is -0.159. The Morgan fingerprint density at radius 2 is 2.19 bits per heavy atom. The minimum Gasteiger partial charge on any atom is -0.314 e. The summed E-state index contributed by atoms with van der Waals surface area (Å²) in [4.78, 5) is 4.43. The minimum atomic E-state index is -0.159. The third-order valence-corrected chi connectivity index (χ3v) is 3.15. The lowest BCUT2D eigenvalue weighted by molar-refractivity contribution is 0.613. The van der Waals surface area contributed by atoms with Crippen molar-refractivity contribution in [2.45, 2.75) is 13.0 Å². The average Bonchev–Trinajstić information content (AvgIpc) is 2.70. The van der Waals surface area contributed by atoms with Crippen molar-refractivity contribution in [1.29, 1.82) is 0 Å². The van der Waals surface area contributed by atoms with Crippen molar-refractivity contribution in [2.24, 2.45) is 0 Å². The van der Waals surface area contributed by atoms with E-state index in [0.717, 1.165) is 17.2 Å². The second-order valence-corrected chi connectivity index (χ2v) is 4.47. The highest BCUT2D eigenvalue weighted by Gasteiger charge is 2.05. The number of nitrogens with zero attached hydrogens (tertiary/aromatic N) is 1. The monoisotopic (exact) mass is 236 g/mol. The molecule has 0 atom stereocenters. The van der Waals surface area contributed by atoms with Gasteiger partial charge in [0, 0.05) is 18.3 Å². The Kier molecular flexibility index (Phi) is 3.64. The number of thiazole rings is 1. The number of aromatic nitrogens is 1. The number of nitrogens with one attached hydrogen (secondary N) is 1. The van der Waals surface area contributed by atoms with Gasteiger partial charge >= 0.3 is 0 Å².